The number of nitrogens with zero attached hydrogens (tertiary/aromatic N) is 1. The molecule has 2 rings (SSSR count). The molecule has 110 valence electrons. The monoisotopic (exact) mass is 288 g/mol. The molecule has 1 aromatic carbocycles. The van der Waals surface area contributed by atoms with Crippen molar-refractivity contribution in [1.82, 2.24) is 4.90 Å². The third-order valence-electron chi connectivity index (χ3n) is 3.20. The van der Waals surface area contributed by atoms with E-state index in [1.54, 1.807) is 0 Å². The maximum Gasteiger partial charge on any atom is 0.315 e. The lowest BCUT2D eigenvalue weighted by Crippen LogP contribution is -2.51. The van der Waals surface area contributed by atoms with E-state index in [1.807, 2.05) is 6.92 Å². The maximum atomic E-state index is 13.1. The minimum atomic E-state index is -1.53. The first-order valence-corrected chi connectivity index (χ1v) is 6.06. The molecule has 1 aliphatic rings. The van der Waals surface area contributed by atoms with Crippen LogP contribution < -0.4 is 5.73 Å². The molecule has 0 spiro atoms. The molecule has 0 unspecified atom stereocenters. The fraction of sp³-hybridized carbons (Fsp3) is 0.462. The number of hydrogen-bond donors (Lipinski definition) is 1. The number of primary amides is 1. The molecule has 1 saturated heterocycles. The number of nitrogens with two attached hydrogens (primary N) is 1. The first-order chi connectivity index (χ1) is 9.31. The SMILES string of the molecule is CC1(CN(Cc2cc(F)c(F)c(F)c2)C(N)=O)COC1. The van der Waals surface area contributed by atoms with Crippen LogP contribution in [0.25, 0.3) is 0 Å². The number of carbonyl (C=O) groups is 1. The quantitative estimate of drug-likeness (QED) is 0.862. The van der Waals surface area contributed by atoms with Crippen molar-refractivity contribution >= 4 is 6.03 Å². The molecular weight excluding hydrogens is 273 g/mol. The normalized spacial score (nSPS) is 16.6. The van der Waals surface area contributed by atoms with Crippen molar-refractivity contribution in [2.24, 2.45) is 11.1 Å². The van der Waals surface area contributed by atoms with Crippen LogP contribution in [-0.2, 0) is 11.3 Å². The average molecular weight is 288 g/mol. The molecule has 2 amide bonds. The molecule has 0 aromatic heterocycles. The van der Waals surface area contributed by atoms with Crippen molar-refractivity contribution in [3.05, 3.63) is 35.1 Å². The number of carbonyl (C=O) groups excluding carboxylic acids is 1. The summed E-state index contributed by atoms with van der Waals surface area (Å²) in [4.78, 5) is 12.7. The number of benzene rings is 1. The van der Waals surface area contributed by atoms with Crippen LogP contribution in [0.5, 0.6) is 0 Å². The first-order valence-electron chi connectivity index (χ1n) is 6.06. The van der Waals surface area contributed by atoms with E-state index in [2.05, 4.69) is 0 Å². The molecule has 0 radical (unpaired) electrons. The highest BCUT2D eigenvalue weighted by atomic mass is 19.2. The van der Waals surface area contributed by atoms with Crippen LogP contribution in [0.4, 0.5) is 18.0 Å². The van der Waals surface area contributed by atoms with Gasteiger partial charge < -0.3 is 15.4 Å². The Hall–Kier alpha value is -1.76. The molecule has 20 heavy (non-hydrogen) atoms. The van der Waals surface area contributed by atoms with E-state index in [0.717, 1.165) is 12.1 Å². The fourth-order valence-corrected chi connectivity index (χ4v) is 2.13. The predicted molar refractivity (Wildman–Crippen MR) is 65.2 cm³/mol. The molecule has 4 nitrogen and oxygen atoms in total. The number of halogens is 3. The van der Waals surface area contributed by atoms with Gasteiger partial charge in [-0.05, 0) is 17.7 Å². The minimum Gasteiger partial charge on any atom is -0.380 e. The zero-order valence-electron chi connectivity index (χ0n) is 11.0. The van der Waals surface area contributed by atoms with Crippen LogP contribution >= 0.6 is 0 Å². The number of hydrogen-bond acceptors (Lipinski definition) is 2. The van der Waals surface area contributed by atoms with Crippen molar-refractivity contribution in [3.63, 3.8) is 0 Å². The van der Waals surface area contributed by atoms with Gasteiger partial charge in [-0.1, -0.05) is 6.92 Å². The van der Waals surface area contributed by atoms with Gasteiger partial charge >= 0.3 is 6.03 Å². The van der Waals surface area contributed by atoms with Crippen LogP contribution in [0.1, 0.15) is 12.5 Å². The first kappa shape index (κ1) is 14.6. The zero-order valence-corrected chi connectivity index (χ0v) is 11.0. The summed E-state index contributed by atoms with van der Waals surface area (Å²) in [5, 5.41) is 0. The number of rotatable bonds is 4. The van der Waals surface area contributed by atoms with E-state index in [9.17, 15) is 18.0 Å². The second kappa shape index (κ2) is 5.32. The number of amides is 2. The highest BCUT2D eigenvalue weighted by molar-refractivity contribution is 5.72. The highest BCUT2D eigenvalue weighted by Crippen LogP contribution is 2.28. The van der Waals surface area contributed by atoms with Gasteiger partial charge in [0.15, 0.2) is 17.5 Å². The molecule has 0 saturated carbocycles. The van der Waals surface area contributed by atoms with E-state index >= 15 is 0 Å². The lowest BCUT2D eigenvalue weighted by molar-refractivity contribution is -0.110. The van der Waals surface area contributed by atoms with Crippen molar-refractivity contribution < 1.29 is 22.7 Å². The summed E-state index contributed by atoms with van der Waals surface area (Å²) in [6, 6.07) is 1.00. The molecule has 1 fully saturated rings. The Labute approximate surface area is 114 Å². The van der Waals surface area contributed by atoms with Crippen LogP contribution in [0.3, 0.4) is 0 Å². The molecule has 1 aromatic rings. The Morgan fingerprint density at radius 3 is 2.30 bits per heavy atom. The molecule has 0 aliphatic carbocycles. The van der Waals surface area contributed by atoms with E-state index in [-0.39, 0.29) is 17.5 Å². The van der Waals surface area contributed by atoms with Crippen molar-refractivity contribution in [3.8, 4) is 0 Å². The molecular formula is C13H15F3N2O2. The summed E-state index contributed by atoms with van der Waals surface area (Å²) in [5.41, 5.74) is 5.19. The summed E-state index contributed by atoms with van der Waals surface area (Å²) in [7, 11) is 0. The third kappa shape index (κ3) is 3.04. The molecule has 1 heterocycles. The molecule has 1 aliphatic heterocycles. The summed E-state index contributed by atoms with van der Waals surface area (Å²) in [5.74, 6) is -4.11. The van der Waals surface area contributed by atoms with Gasteiger partial charge in [-0.25, -0.2) is 18.0 Å². The van der Waals surface area contributed by atoms with Crippen molar-refractivity contribution in [2.75, 3.05) is 19.8 Å². The second-order valence-corrected chi connectivity index (χ2v) is 5.37. The maximum absolute atomic E-state index is 13.1. The Morgan fingerprint density at radius 1 is 1.35 bits per heavy atom. The van der Waals surface area contributed by atoms with Gasteiger partial charge in [-0.3, -0.25) is 0 Å². The third-order valence-corrected chi connectivity index (χ3v) is 3.20. The Bertz CT molecular complexity index is 509. The van der Waals surface area contributed by atoms with Crippen molar-refractivity contribution in [2.45, 2.75) is 13.5 Å². The highest BCUT2D eigenvalue weighted by Gasteiger charge is 2.36. The largest absolute Gasteiger partial charge is 0.380 e. The van der Waals surface area contributed by atoms with E-state index in [4.69, 9.17) is 10.5 Å². The molecule has 7 heteroatoms. The van der Waals surface area contributed by atoms with Crippen LogP contribution in [0.2, 0.25) is 0 Å². The van der Waals surface area contributed by atoms with Gasteiger partial charge in [0, 0.05) is 18.5 Å². The van der Waals surface area contributed by atoms with E-state index in [0.29, 0.717) is 19.8 Å². The lowest BCUT2D eigenvalue weighted by Gasteiger charge is -2.41. The lowest BCUT2D eigenvalue weighted by atomic mass is 9.88. The van der Waals surface area contributed by atoms with Gasteiger partial charge in [-0.15, -0.1) is 0 Å². The summed E-state index contributed by atoms with van der Waals surface area (Å²) in [6.45, 7) is 3.12. The van der Waals surface area contributed by atoms with Crippen molar-refractivity contribution in [1.29, 1.82) is 0 Å². The topological polar surface area (TPSA) is 55.6 Å². The molecule has 2 N–H and O–H groups in total. The Balaban J connectivity index is 2.14. The average Bonchev–Trinajstić information content (AvgIpc) is 2.33. The van der Waals surface area contributed by atoms with Gasteiger partial charge in [0.1, 0.15) is 0 Å². The minimum absolute atomic E-state index is 0.0843. The van der Waals surface area contributed by atoms with Gasteiger partial charge in [0.05, 0.1) is 13.2 Å². The predicted octanol–water partition coefficient (Wildman–Crippen LogP) is 2.02. The van der Waals surface area contributed by atoms with E-state index in [1.165, 1.54) is 4.90 Å². The Morgan fingerprint density at radius 2 is 1.90 bits per heavy atom. The van der Waals surface area contributed by atoms with Gasteiger partial charge in [0.25, 0.3) is 0 Å². The smallest absolute Gasteiger partial charge is 0.315 e. The molecule has 0 bridgehead atoms. The summed E-state index contributed by atoms with van der Waals surface area (Å²) < 4.78 is 44.2. The Kier molecular flexibility index (Phi) is 3.89. The van der Waals surface area contributed by atoms with E-state index < -0.39 is 23.5 Å². The number of urea groups is 1. The number of ether oxygens (including phenoxy) is 1. The zero-order chi connectivity index (χ0) is 14.9. The standard InChI is InChI=1S/C13H15F3N2O2/c1-13(6-20-7-13)5-18(12(17)19)4-8-2-9(14)11(16)10(15)3-8/h2-3H,4-7H2,1H3,(H2,17,19). The summed E-state index contributed by atoms with van der Waals surface area (Å²) >= 11 is 0. The van der Waals surface area contributed by atoms with Gasteiger partial charge in [-0.2, -0.15) is 0 Å². The summed E-state index contributed by atoms with van der Waals surface area (Å²) in [6.07, 6.45) is 0. The van der Waals surface area contributed by atoms with Crippen LogP contribution in [0, 0.1) is 22.9 Å². The second-order valence-electron chi connectivity index (χ2n) is 5.37. The molecule has 0 atom stereocenters. The fourth-order valence-electron chi connectivity index (χ4n) is 2.13. The van der Waals surface area contributed by atoms with Crippen LogP contribution in [-0.4, -0.2) is 30.7 Å². The van der Waals surface area contributed by atoms with Gasteiger partial charge in [0.2, 0.25) is 0 Å². The van der Waals surface area contributed by atoms with Crippen LogP contribution in [0.15, 0.2) is 12.1 Å².